The maximum Gasteiger partial charge on any atom is 0.264 e. The maximum atomic E-state index is 12.4. The molecule has 0 bridgehead atoms. The van der Waals surface area contributed by atoms with Crippen molar-refractivity contribution in [2.75, 3.05) is 11.4 Å². The summed E-state index contributed by atoms with van der Waals surface area (Å²) < 4.78 is 26.0. The van der Waals surface area contributed by atoms with Gasteiger partial charge in [0.1, 0.15) is 0 Å². The Labute approximate surface area is 111 Å². The standard InChI is InChI=1S/C13H11N3O2S/c1-16(12-5-7-15-8-6-12)19(17,18)13-4-2-3-11(9-13)10-14/h2-9H,1H3. The number of aromatic nitrogens is 1. The van der Waals surface area contributed by atoms with Crippen molar-refractivity contribution in [3.63, 3.8) is 0 Å². The van der Waals surface area contributed by atoms with Gasteiger partial charge in [-0.3, -0.25) is 9.29 Å². The first-order valence-electron chi connectivity index (χ1n) is 5.45. The van der Waals surface area contributed by atoms with Crippen LogP contribution < -0.4 is 4.31 Å². The molecule has 0 fully saturated rings. The summed E-state index contributed by atoms with van der Waals surface area (Å²) >= 11 is 0. The Hall–Kier alpha value is -2.39. The van der Waals surface area contributed by atoms with Crippen molar-refractivity contribution in [3.8, 4) is 6.07 Å². The van der Waals surface area contributed by atoms with E-state index in [-0.39, 0.29) is 4.90 Å². The zero-order chi connectivity index (χ0) is 13.9. The second-order valence-electron chi connectivity index (χ2n) is 3.82. The molecule has 0 saturated heterocycles. The molecule has 0 aliphatic rings. The Morgan fingerprint density at radius 2 is 1.89 bits per heavy atom. The van der Waals surface area contributed by atoms with Gasteiger partial charge in [-0.05, 0) is 30.3 Å². The van der Waals surface area contributed by atoms with Crippen molar-refractivity contribution in [3.05, 3.63) is 54.4 Å². The Balaban J connectivity index is 2.46. The zero-order valence-electron chi connectivity index (χ0n) is 10.2. The molecule has 0 saturated carbocycles. The molecule has 19 heavy (non-hydrogen) atoms. The highest BCUT2D eigenvalue weighted by Crippen LogP contribution is 2.21. The van der Waals surface area contributed by atoms with E-state index in [9.17, 15) is 8.42 Å². The van der Waals surface area contributed by atoms with E-state index in [0.29, 0.717) is 11.3 Å². The fourth-order valence-electron chi connectivity index (χ4n) is 1.58. The molecule has 2 rings (SSSR count). The van der Waals surface area contributed by atoms with E-state index >= 15 is 0 Å². The number of pyridine rings is 1. The van der Waals surface area contributed by atoms with E-state index in [2.05, 4.69) is 4.98 Å². The average Bonchev–Trinajstić information content (AvgIpc) is 2.47. The van der Waals surface area contributed by atoms with Crippen molar-refractivity contribution < 1.29 is 8.42 Å². The van der Waals surface area contributed by atoms with Crippen LogP contribution in [0.2, 0.25) is 0 Å². The summed E-state index contributed by atoms with van der Waals surface area (Å²) in [5.74, 6) is 0. The molecular weight excluding hydrogens is 262 g/mol. The van der Waals surface area contributed by atoms with Gasteiger partial charge in [-0.1, -0.05) is 6.07 Å². The van der Waals surface area contributed by atoms with E-state index in [1.54, 1.807) is 24.3 Å². The van der Waals surface area contributed by atoms with Gasteiger partial charge in [-0.15, -0.1) is 0 Å². The second-order valence-corrected chi connectivity index (χ2v) is 5.79. The third kappa shape index (κ3) is 2.56. The number of nitrogens with zero attached hydrogens (tertiary/aromatic N) is 3. The number of benzene rings is 1. The van der Waals surface area contributed by atoms with Crippen LogP contribution in [0, 0.1) is 11.3 Å². The molecule has 5 nitrogen and oxygen atoms in total. The first-order valence-corrected chi connectivity index (χ1v) is 6.89. The Kier molecular flexibility index (Phi) is 3.49. The van der Waals surface area contributed by atoms with Crippen LogP contribution in [0.1, 0.15) is 5.56 Å². The van der Waals surface area contributed by atoms with Crippen LogP contribution in [-0.2, 0) is 10.0 Å². The molecule has 0 unspecified atom stereocenters. The van der Waals surface area contributed by atoms with Crippen LogP contribution in [0.5, 0.6) is 0 Å². The molecule has 0 radical (unpaired) electrons. The molecule has 0 atom stereocenters. The topological polar surface area (TPSA) is 74.1 Å². The predicted octanol–water partition coefficient (Wildman–Crippen LogP) is 1.78. The Morgan fingerprint density at radius 1 is 1.21 bits per heavy atom. The summed E-state index contributed by atoms with van der Waals surface area (Å²) in [7, 11) is -2.21. The molecule has 0 N–H and O–H groups in total. The molecule has 0 spiro atoms. The molecule has 0 aliphatic carbocycles. The molecule has 1 aromatic heterocycles. The molecule has 1 aromatic carbocycles. The van der Waals surface area contributed by atoms with Crippen LogP contribution in [0.25, 0.3) is 0 Å². The van der Waals surface area contributed by atoms with E-state index in [1.165, 1.54) is 31.6 Å². The van der Waals surface area contributed by atoms with Crippen LogP contribution >= 0.6 is 0 Å². The minimum atomic E-state index is -3.67. The highest BCUT2D eigenvalue weighted by Gasteiger charge is 2.21. The normalized spacial score (nSPS) is 10.7. The highest BCUT2D eigenvalue weighted by molar-refractivity contribution is 7.92. The molecular formula is C13H11N3O2S. The molecule has 6 heteroatoms. The molecule has 96 valence electrons. The third-order valence-corrected chi connectivity index (χ3v) is 4.43. The number of rotatable bonds is 3. The quantitative estimate of drug-likeness (QED) is 0.854. The number of hydrogen-bond donors (Lipinski definition) is 0. The monoisotopic (exact) mass is 273 g/mol. The Bertz CT molecular complexity index is 721. The summed E-state index contributed by atoms with van der Waals surface area (Å²) in [6.07, 6.45) is 3.04. The fourth-order valence-corrected chi connectivity index (χ4v) is 2.82. The first kappa shape index (κ1) is 13.1. The number of sulfonamides is 1. The van der Waals surface area contributed by atoms with Crippen LogP contribution in [0.3, 0.4) is 0 Å². The summed E-state index contributed by atoms with van der Waals surface area (Å²) in [6.45, 7) is 0. The van der Waals surface area contributed by atoms with Gasteiger partial charge in [0.2, 0.25) is 0 Å². The van der Waals surface area contributed by atoms with Crippen molar-refractivity contribution in [1.82, 2.24) is 4.98 Å². The van der Waals surface area contributed by atoms with Gasteiger partial charge < -0.3 is 0 Å². The van der Waals surface area contributed by atoms with Gasteiger partial charge in [0.15, 0.2) is 0 Å². The van der Waals surface area contributed by atoms with E-state index in [1.807, 2.05) is 6.07 Å². The fraction of sp³-hybridized carbons (Fsp3) is 0.0769. The van der Waals surface area contributed by atoms with E-state index in [4.69, 9.17) is 5.26 Å². The van der Waals surface area contributed by atoms with Crippen LogP contribution in [0.15, 0.2) is 53.7 Å². The summed E-state index contributed by atoms with van der Waals surface area (Å²) in [5.41, 5.74) is 0.821. The maximum absolute atomic E-state index is 12.4. The van der Waals surface area contributed by atoms with Gasteiger partial charge in [0.25, 0.3) is 10.0 Å². The largest absolute Gasteiger partial charge is 0.269 e. The minimum absolute atomic E-state index is 0.0888. The molecule has 1 heterocycles. The lowest BCUT2D eigenvalue weighted by molar-refractivity contribution is 0.594. The summed E-state index contributed by atoms with van der Waals surface area (Å²) in [5, 5.41) is 8.82. The van der Waals surface area contributed by atoms with Gasteiger partial charge in [0.05, 0.1) is 22.2 Å². The molecule has 0 amide bonds. The van der Waals surface area contributed by atoms with Crippen LogP contribution in [-0.4, -0.2) is 20.4 Å². The summed E-state index contributed by atoms with van der Waals surface area (Å²) in [6, 6.07) is 11.1. The zero-order valence-corrected chi connectivity index (χ0v) is 11.0. The van der Waals surface area contributed by atoms with Gasteiger partial charge >= 0.3 is 0 Å². The van der Waals surface area contributed by atoms with E-state index < -0.39 is 10.0 Å². The number of anilines is 1. The molecule has 0 aliphatic heterocycles. The first-order chi connectivity index (χ1) is 9.05. The third-order valence-electron chi connectivity index (χ3n) is 2.65. The summed E-state index contributed by atoms with van der Waals surface area (Å²) in [4.78, 5) is 3.93. The highest BCUT2D eigenvalue weighted by atomic mass is 32.2. The number of hydrogen-bond acceptors (Lipinski definition) is 4. The molecule has 2 aromatic rings. The smallest absolute Gasteiger partial charge is 0.264 e. The predicted molar refractivity (Wildman–Crippen MR) is 71.0 cm³/mol. The number of nitriles is 1. The van der Waals surface area contributed by atoms with E-state index in [0.717, 1.165) is 4.31 Å². The van der Waals surface area contributed by atoms with Gasteiger partial charge in [0, 0.05) is 19.4 Å². The van der Waals surface area contributed by atoms with Crippen molar-refractivity contribution >= 4 is 15.7 Å². The average molecular weight is 273 g/mol. The SMILES string of the molecule is CN(c1ccncc1)S(=O)(=O)c1cccc(C#N)c1. The minimum Gasteiger partial charge on any atom is -0.269 e. The Morgan fingerprint density at radius 3 is 2.53 bits per heavy atom. The second kappa shape index (κ2) is 5.08. The van der Waals surface area contributed by atoms with Crippen molar-refractivity contribution in [2.24, 2.45) is 0 Å². The van der Waals surface area contributed by atoms with Gasteiger partial charge in [-0.2, -0.15) is 5.26 Å². The van der Waals surface area contributed by atoms with Crippen molar-refractivity contribution in [1.29, 1.82) is 5.26 Å². The lowest BCUT2D eigenvalue weighted by Crippen LogP contribution is -2.26. The van der Waals surface area contributed by atoms with Gasteiger partial charge in [-0.25, -0.2) is 8.42 Å². The lowest BCUT2D eigenvalue weighted by Gasteiger charge is -2.19. The lowest BCUT2D eigenvalue weighted by atomic mass is 10.2. The van der Waals surface area contributed by atoms with Crippen molar-refractivity contribution in [2.45, 2.75) is 4.90 Å². The van der Waals surface area contributed by atoms with Crippen LogP contribution in [0.4, 0.5) is 5.69 Å².